The van der Waals surface area contributed by atoms with E-state index in [4.69, 9.17) is 0 Å². The normalized spacial score (nSPS) is 11.8. The number of Topliss-reactive ketones (excluding diaryl/α,β-unsaturated/α-hetero) is 1. The van der Waals surface area contributed by atoms with Crippen LogP contribution in [0.3, 0.4) is 0 Å². The van der Waals surface area contributed by atoms with Crippen molar-refractivity contribution in [3.05, 3.63) is 71.3 Å². The monoisotopic (exact) mass is 302 g/mol. The second-order valence-electron chi connectivity index (χ2n) is 3.84. The maximum absolute atomic E-state index is 12.3. The lowest BCUT2D eigenvalue weighted by molar-refractivity contribution is 0.0984. The van der Waals surface area contributed by atoms with Gasteiger partial charge in [0.25, 0.3) is 0 Å². The fourth-order valence-corrected chi connectivity index (χ4v) is 2.29. The van der Waals surface area contributed by atoms with E-state index in [1.165, 1.54) is 0 Å². The standard InChI is InChI=1S/C15H11BrO2/c16-14(11-6-2-1-3-7-11)15(18)13-9-5-4-8-12(13)10-17/h1-10,14H. The van der Waals surface area contributed by atoms with E-state index in [1.807, 2.05) is 30.3 Å². The highest BCUT2D eigenvalue weighted by atomic mass is 79.9. The average Bonchev–Trinajstić information content (AvgIpc) is 2.46. The molecule has 0 fully saturated rings. The molecule has 2 aromatic rings. The lowest BCUT2D eigenvalue weighted by Gasteiger charge is -2.10. The number of hydrogen-bond acceptors (Lipinski definition) is 2. The minimum atomic E-state index is -0.431. The van der Waals surface area contributed by atoms with Crippen molar-refractivity contribution in [3.8, 4) is 0 Å². The topological polar surface area (TPSA) is 34.1 Å². The number of carbonyl (C=O) groups excluding carboxylic acids is 2. The van der Waals surface area contributed by atoms with Crippen LogP contribution in [0.15, 0.2) is 54.6 Å². The van der Waals surface area contributed by atoms with Crippen LogP contribution in [0.4, 0.5) is 0 Å². The summed E-state index contributed by atoms with van der Waals surface area (Å²) < 4.78 is 0. The van der Waals surface area contributed by atoms with Crippen LogP contribution < -0.4 is 0 Å². The summed E-state index contributed by atoms with van der Waals surface area (Å²) in [6, 6.07) is 16.2. The third-order valence-corrected chi connectivity index (χ3v) is 3.62. The van der Waals surface area contributed by atoms with Crippen LogP contribution in [0.2, 0.25) is 0 Å². The highest BCUT2D eigenvalue weighted by Gasteiger charge is 2.20. The number of ketones is 1. The van der Waals surface area contributed by atoms with Crippen molar-refractivity contribution < 1.29 is 9.59 Å². The van der Waals surface area contributed by atoms with E-state index in [0.717, 1.165) is 5.56 Å². The Balaban J connectivity index is 2.34. The van der Waals surface area contributed by atoms with Crippen molar-refractivity contribution >= 4 is 28.0 Å². The van der Waals surface area contributed by atoms with E-state index >= 15 is 0 Å². The molecule has 2 nitrogen and oxygen atoms in total. The molecule has 1 unspecified atom stereocenters. The predicted octanol–water partition coefficient (Wildman–Crippen LogP) is 3.82. The first kappa shape index (κ1) is 12.7. The second kappa shape index (κ2) is 5.74. The molecule has 0 saturated heterocycles. The molecule has 2 aromatic carbocycles. The Morgan fingerprint density at radius 1 is 1.00 bits per heavy atom. The van der Waals surface area contributed by atoms with Gasteiger partial charge in [0.2, 0.25) is 0 Å². The van der Waals surface area contributed by atoms with E-state index in [-0.39, 0.29) is 5.78 Å². The van der Waals surface area contributed by atoms with Crippen LogP contribution in [0.25, 0.3) is 0 Å². The zero-order valence-electron chi connectivity index (χ0n) is 9.55. The zero-order valence-corrected chi connectivity index (χ0v) is 11.1. The SMILES string of the molecule is O=Cc1ccccc1C(=O)C(Br)c1ccccc1. The number of aldehydes is 1. The van der Waals surface area contributed by atoms with E-state index in [9.17, 15) is 9.59 Å². The first-order valence-electron chi connectivity index (χ1n) is 5.51. The van der Waals surface area contributed by atoms with Crippen molar-refractivity contribution in [1.82, 2.24) is 0 Å². The Bertz CT molecular complexity index is 564. The van der Waals surface area contributed by atoms with Crippen LogP contribution in [0.5, 0.6) is 0 Å². The van der Waals surface area contributed by atoms with Crippen LogP contribution in [0, 0.1) is 0 Å². The van der Waals surface area contributed by atoms with Gasteiger partial charge in [-0.3, -0.25) is 9.59 Å². The molecular weight excluding hydrogens is 292 g/mol. The Morgan fingerprint density at radius 3 is 2.28 bits per heavy atom. The smallest absolute Gasteiger partial charge is 0.181 e. The number of halogens is 1. The summed E-state index contributed by atoms with van der Waals surface area (Å²) in [5.74, 6) is -0.107. The number of hydrogen-bond donors (Lipinski definition) is 0. The highest BCUT2D eigenvalue weighted by Crippen LogP contribution is 2.27. The third kappa shape index (κ3) is 2.57. The Morgan fingerprint density at radius 2 is 1.61 bits per heavy atom. The molecule has 2 rings (SSSR count). The molecule has 1 atom stereocenters. The van der Waals surface area contributed by atoms with Crippen LogP contribution >= 0.6 is 15.9 Å². The summed E-state index contributed by atoms with van der Waals surface area (Å²) in [4.78, 5) is 22.8. The number of carbonyl (C=O) groups is 2. The molecule has 0 aromatic heterocycles. The Labute approximate surface area is 114 Å². The molecule has 0 saturated carbocycles. The molecule has 0 aliphatic heterocycles. The summed E-state index contributed by atoms with van der Waals surface area (Å²) in [7, 11) is 0. The van der Waals surface area contributed by atoms with Crippen molar-refractivity contribution in [2.45, 2.75) is 4.83 Å². The van der Waals surface area contributed by atoms with Gasteiger partial charge in [0, 0.05) is 11.1 Å². The van der Waals surface area contributed by atoms with Gasteiger partial charge in [-0.15, -0.1) is 0 Å². The fraction of sp³-hybridized carbons (Fsp3) is 0.0667. The molecule has 0 heterocycles. The summed E-state index contributed by atoms with van der Waals surface area (Å²) in [6.45, 7) is 0. The highest BCUT2D eigenvalue weighted by molar-refractivity contribution is 9.09. The molecule has 0 spiro atoms. The van der Waals surface area contributed by atoms with Gasteiger partial charge in [-0.25, -0.2) is 0 Å². The number of rotatable bonds is 4. The largest absolute Gasteiger partial charge is 0.298 e. The molecule has 0 N–H and O–H groups in total. The van der Waals surface area contributed by atoms with Crippen LogP contribution in [-0.4, -0.2) is 12.1 Å². The summed E-state index contributed by atoms with van der Waals surface area (Å²) >= 11 is 3.39. The molecular formula is C15H11BrO2. The zero-order chi connectivity index (χ0) is 13.0. The average molecular weight is 303 g/mol. The van der Waals surface area contributed by atoms with Crippen molar-refractivity contribution in [3.63, 3.8) is 0 Å². The summed E-state index contributed by atoms with van der Waals surface area (Å²) in [5.41, 5.74) is 1.74. The van der Waals surface area contributed by atoms with Gasteiger partial charge < -0.3 is 0 Å². The van der Waals surface area contributed by atoms with Gasteiger partial charge in [-0.2, -0.15) is 0 Å². The molecule has 90 valence electrons. The first-order chi connectivity index (χ1) is 8.74. The van der Waals surface area contributed by atoms with E-state index in [0.29, 0.717) is 17.4 Å². The summed E-state index contributed by atoms with van der Waals surface area (Å²) in [6.07, 6.45) is 0.706. The number of benzene rings is 2. The Hall–Kier alpha value is -1.74. The lowest BCUT2D eigenvalue weighted by Crippen LogP contribution is -2.09. The maximum Gasteiger partial charge on any atom is 0.181 e. The van der Waals surface area contributed by atoms with Crippen molar-refractivity contribution in [2.24, 2.45) is 0 Å². The van der Waals surface area contributed by atoms with E-state index < -0.39 is 4.83 Å². The minimum Gasteiger partial charge on any atom is -0.298 e. The molecule has 18 heavy (non-hydrogen) atoms. The van der Waals surface area contributed by atoms with E-state index in [2.05, 4.69) is 15.9 Å². The molecule has 3 heteroatoms. The summed E-state index contributed by atoms with van der Waals surface area (Å²) in [5, 5.41) is 0. The van der Waals surface area contributed by atoms with Gasteiger partial charge in [0.15, 0.2) is 12.1 Å². The minimum absolute atomic E-state index is 0.107. The predicted molar refractivity (Wildman–Crippen MR) is 74.3 cm³/mol. The molecule has 0 aliphatic carbocycles. The fourth-order valence-electron chi connectivity index (χ4n) is 1.73. The third-order valence-electron chi connectivity index (χ3n) is 2.68. The van der Waals surface area contributed by atoms with E-state index in [1.54, 1.807) is 24.3 Å². The molecule has 0 amide bonds. The van der Waals surface area contributed by atoms with Gasteiger partial charge in [-0.05, 0) is 5.56 Å². The Kier molecular flexibility index (Phi) is 4.05. The van der Waals surface area contributed by atoms with Gasteiger partial charge in [0.1, 0.15) is 4.83 Å². The molecule has 0 radical (unpaired) electrons. The quantitative estimate of drug-likeness (QED) is 0.489. The number of alkyl halides is 1. The molecule has 0 aliphatic rings. The molecule has 0 bridgehead atoms. The van der Waals surface area contributed by atoms with Crippen molar-refractivity contribution in [1.29, 1.82) is 0 Å². The van der Waals surface area contributed by atoms with Crippen LogP contribution in [-0.2, 0) is 0 Å². The van der Waals surface area contributed by atoms with Gasteiger partial charge in [-0.1, -0.05) is 70.5 Å². The van der Waals surface area contributed by atoms with Gasteiger partial charge in [0.05, 0.1) is 0 Å². The lowest BCUT2D eigenvalue weighted by atomic mass is 9.99. The maximum atomic E-state index is 12.3. The van der Waals surface area contributed by atoms with Crippen molar-refractivity contribution in [2.75, 3.05) is 0 Å². The first-order valence-corrected chi connectivity index (χ1v) is 6.43. The van der Waals surface area contributed by atoms with Crippen LogP contribution in [0.1, 0.15) is 31.1 Å². The second-order valence-corrected chi connectivity index (χ2v) is 4.76. The van der Waals surface area contributed by atoms with Gasteiger partial charge >= 0.3 is 0 Å².